The van der Waals surface area contributed by atoms with Gasteiger partial charge in [0.25, 0.3) is 0 Å². The minimum Gasteiger partial charge on any atom is -0.341 e. The van der Waals surface area contributed by atoms with Gasteiger partial charge in [0.2, 0.25) is 0 Å². The molecule has 0 aliphatic carbocycles. The molecule has 0 unspecified atom stereocenters. The number of aromatic nitrogens is 12. The second-order valence-electron chi connectivity index (χ2n) is 9.50. The summed E-state index contributed by atoms with van der Waals surface area (Å²) < 4.78 is 12.8. The highest BCUT2D eigenvalue weighted by molar-refractivity contribution is 7.11. The van der Waals surface area contributed by atoms with Gasteiger partial charge in [-0.2, -0.15) is 0 Å². The van der Waals surface area contributed by atoms with E-state index >= 15 is 0 Å². The summed E-state index contributed by atoms with van der Waals surface area (Å²) >= 11 is 10.9. The van der Waals surface area contributed by atoms with Crippen molar-refractivity contribution in [1.82, 2.24) is 58.2 Å². The van der Waals surface area contributed by atoms with Gasteiger partial charge in [-0.15, -0.1) is 60.6 Å². The highest BCUT2D eigenvalue weighted by Gasteiger charge is 1.91. The van der Waals surface area contributed by atoms with Gasteiger partial charge in [-0.25, -0.2) is 9.97 Å². The van der Waals surface area contributed by atoms with E-state index in [2.05, 4.69) is 60.6 Å². The quantitative estimate of drug-likeness (QED) is 0.144. The maximum absolute atomic E-state index is 4.03. The summed E-state index contributed by atoms with van der Waals surface area (Å²) in [7, 11) is 1.94. The van der Waals surface area contributed by atoms with E-state index in [1.54, 1.807) is 70.3 Å². The van der Waals surface area contributed by atoms with Gasteiger partial charge in [0.1, 0.15) is 0 Å². The Morgan fingerprint density at radius 2 is 1.42 bits per heavy atom. The van der Waals surface area contributed by atoms with Gasteiger partial charge in [-0.1, -0.05) is 13.5 Å². The molecule has 0 aliphatic rings. The van der Waals surface area contributed by atoms with Crippen molar-refractivity contribution in [2.24, 2.45) is 7.05 Å². The molecule has 0 fully saturated rings. The highest BCUT2D eigenvalue weighted by Crippen LogP contribution is 2.08. The van der Waals surface area contributed by atoms with Gasteiger partial charge in [-0.3, -0.25) is 15.0 Å². The van der Waals surface area contributed by atoms with Crippen molar-refractivity contribution in [3.05, 3.63) is 117 Å². The Hall–Kier alpha value is -3.59. The first-order chi connectivity index (χ1) is 24.0. The van der Waals surface area contributed by atoms with Crippen LogP contribution in [0.3, 0.4) is 0 Å². The van der Waals surface area contributed by atoms with Crippen LogP contribution in [-0.2, 0) is 7.05 Å². The molecule has 0 spiro atoms. The molecular formula is C31H42N12S7. The molecule has 8 aromatic heterocycles. The zero-order valence-electron chi connectivity index (χ0n) is 29.7. The van der Waals surface area contributed by atoms with Crippen molar-refractivity contribution in [2.45, 2.75) is 62.3 Å². The predicted molar refractivity (Wildman–Crippen MR) is 214 cm³/mol. The van der Waals surface area contributed by atoms with E-state index in [1.165, 1.54) is 49.2 Å². The third kappa shape index (κ3) is 25.4. The fourth-order valence-electron chi connectivity index (χ4n) is 2.35. The molecule has 12 nitrogen and oxygen atoms in total. The maximum Gasteiger partial charge on any atom is 0.0943 e. The Bertz CT molecular complexity index is 1510. The normalized spacial score (nSPS) is 9.00. The zero-order chi connectivity index (χ0) is 37.0. The third-order valence-electron chi connectivity index (χ3n) is 4.86. The Labute approximate surface area is 322 Å². The van der Waals surface area contributed by atoms with E-state index in [-0.39, 0.29) is 0 Å². The van der Waals surface area contributed by atoms with Crippen LogP contribution >= 0.6 is 79.9 Å². The summed E-state index contributed by atoms with van der Waals surface area (Å²) in [6, 6.07) is 0. The molecule has 0 radical (unpaired) electrons. The zero-order valence-corrected chi connectivity index (χ0v) is 35.4. The maximum atomic E-state index is 4.03. The summed E-state index contributed by atoms with van der Waals surface area (Å²) in [6.45, 7) is 18.0. The first-order valence-corrected chi connectivity index (χ1v) is 20.5. The first kappa shape index (κ1) is 44.4. The van der Waals surface area contributed by atoms with Gasteiger partial charge in [0, 0.05) is 79.4 Å². The van der Waals surface area contributed by atoms with Gasteiger partial charge in [0.05, 0.1) is 44.9 Å². The van der Waals surface area contributed by atoms with Crippen LogP contribution in [0.5, 0.6) is 0 Å². The van der Waals surface area contributed by atoms with Crippen LogP contribution in [0.1, 0.15) is 46.6 Å². The summed E-state index contributed by atoms with van der Waals surface area (Å²) in [6.07, 6.45) is 12.7. The molecular weight excluding hydrogens is 765 g/mol. The van der Waals surface area contributed by atoms with E-state index in [0.717, 1.165) is 32.0 Å². The minimum atomic E-state index is 1.00. The lowest BCUT2D eigenvalue weighted by Gasteiger charge is -1.76. The van der Waals surface area contributed by atoms with Crippen molar-refractivity contribution < 1.29 is 0 Å². The van der Waals surface area contributed by atoms with E-state index < -0.39 is 0 Å². The number of hydrogen-bond donors (Lipinski definition) is 0. The molecule has 0 saturated carbocycles. The molecule has 0 N–H and O–H groups in total. The second kappa shape index (κ2) is 28.1. The summed E-state index contributed by atoms with van der Waals surface area (Å²) in [5, 5.41) is 19.2. The highest BCUT2D eigenvalue weighted by atomic mass is 32.1. The van der Waals surface area contributed by atoms with Crippen molar-refractivity contribution in [3.8, 4) is 0 Å². The Morgan fingerprint density at radius 1 is 0.620 bits per heavy atom. The van der Waals surface area contributed by atoms with Gasteiger partial charge < -0.3 is 4.57 Å². The minimum absolute atomic E-state index is 1.00. The second-order valence-corrected chi connectivity index (χ2v) is 16.4. The van der Waals surface area contributed by atoms with Crippen LogP contribution in [0.2, 0.25) is 0 Å². The Balaban J connectivity index is 0.000000286. The third-order valence-corrected chi connectivity index (χ3v) is 9.72. The van der Waals surface area contributed by atoms with Gasteiger partial charge in [0.15, 0.2) is 0 Å². The van der Waals surface area contributed by atoms with Crippen molar-refractivity contribution in [2.75, 3.05) is 0 Å². The number of thiazole rings is 4. The van der Waals surface area contributed by atoms with Crippen LogP contribution in [-0.4, -0.2) is 58.2 Å². The molecule has 0 atom stereocenters. The lowest BCUT2D eigenvalue weighted by molar-refractivity contribution is 0.913. The molecule has 0 aromatic carbocycles. The van der Waals surface area contributed by atoms with Crippen LogP contribution in [0.15, 0.2) is 70.7 Å². The first-order valence-electron chi connectivity index (χ1n) is 14.6. The molecule has 268 valence electrons. The van der Waals surface area contributed by atoms with E-state index in [0.29, 0.717) is 0 Å². The Morgan fingerprint density at radius 3 is 1.58 bits per heavy atom. The predicted octanol–water partition coefficient (Wildman–Crippen LogP) is 9.38. The van der Waals surface area contributed by atoms with E-state index in [4.69, 9.17) is 0 Å². The largest absolute Gasteiger partial charge is 0.341 e. The van der Waals surface area contributed by atoms with E-state index in [9.17, 15) is 0 Å². The standard InChI is InChI=1S/C5H7NS.C4H6N2S.C4H6N2.3C4H5NS.2C3H4N2S/c1-4-3-6-5(2)7-4;1-3-4(2)7-6-5-3;1-6-3-2-5-4-6;1-4-2-6-3-5-4;1-4-2-5-3-6-4;1-4-5-2-3-6-4;1-3-2-6-5-4-3;1-3-2-4-5-6-3/h3H,1-2H3;1-2H3;2-4H,1H3;3*2-3H,1H3;2*2H,1H3. The monoisotopic (exact) mass is 806 g/mol. The van der Waals surface area contributed by atoms with Crippen molar-refractivity contribution in [3.63, 3.8) is 0 Å². The number of rotatable bonds is 0. The van der Waals surface area contributed by atoms with Crippen LogP contribution in [0.4, 0.5) is 0 Å². The fourth-order valence-corrected chi connectivity index (χ4v) is 5.62. The average Bonchev–Trinajstić information content (AvgIpc) is 3.89. The summed E-state index contributed by atoms with van der Waals surface area (Å²) in [5.74, 6) is 0. The number of imidazole rings is 1. The molecule has 19 heteroatoms. The van der Waals surface area contributed by atoms with Gasteiger partial charge in [-0.05, 0) is 96.9 Å². The average molecular weight is 807 g/mol. The Kier molecular flexibility index (Phi) is 25.0. The van der Waals surface area contributed by atoms with E-state index in [1.807, 2.05) is 113 Å². The topological polar surface area (TPSA) is 147 Å². The number of nitrogens with zero attached hydrogens (tertiary/aromatic N) is 12. The number of hydrogen-bond acceptors (Lipinski definition) is 18. The molecule has 50 heavy (non-hydrogen) atoms. The molecule has 0 saturated heterocycles. The molecule has 0 bridgehead atoms. The fraction of sp³-hybridized carbons (Fsp3) is 0.323. The number of aryl methyl sites for hydroxylation is 10. The molecule has 0 aliphatic heterocycles. The molecule has 8 aromatic rings. The van der Waals surface area contributed by atoms with Crippen molar-refractivity contribution >= 4 is 79.9 Å². The summed E-state index contributed by atoms with van der Waals surface area (Å²) in [5.41, 5.74) is 6.81. The SMILES string of the molecule is Cc1cnc(C)s1.Cc1cncs1.Cc1cnns1.Cc1cscn1.Cc1csnn1.Cc1nccs1.Cc1nnsc1C.Cn1ccnc1. The van der Waals surface area contributed by atoms with Gasteiger partial charge >= 0.3 is 0 Å². The van der Waals surface area contributed by atoms with Crippen LogP contribution in [0, 0.1) is 62.3 Å². The van der Waals surface area contributed by atoms with Crippen molar-refractivity contribution in [1.29, 1.82) is 0 Å². The lowest BCUT2D eigenvalue weighted by Crippen LogP contribution is -1.76. The molecule has 8 rings (SSSR count). The van der Waals surface area contributed by atoms with Crippen LogP contribution in [0.25, 0.3) is 0 Å². The molecule has 8 heterocycles. The summed E-state index contributed by atoms with van der Waals surface area (Å²) in [4.78, 5) is 24.5. The smallest absolute Gasteiger partial charge is 0.0943 e. The van der Waals surface area contributed by atoms with Crippen LogP contribution < -0.4 is 0 Å². The molecule has 0 amide bonds. The lowest BCUT2D eigenvalue weighted by atomic mass is 10.4.